The van der Waals surface area contributed by atoms with E-state index in [1.807, 2.05) is 12.4 Å². The van der Waals surface area contributed by atoms with Crippen LogP contribution in [0.4, 0.5) is 0 Å². The number of nitrogens with one attached hydrogen (secondary N) is 1. The molecule has 0 amide bonds. The van der Waals surface area contributed by atoms with Crippen LogP contribution in [0.25, 0.3) is 0 Å². The second-order valence-corrected chi connectivity index (χ2v) is 6.03. The molecule has 1 saturated carbocycles. The third kappa shape index (κ3) is 3.49. The van der Waals surface area contributed by atoms with Crippen LogP contribution in [-0.4, -0.2) is 35.9 Å². The quantitative estimate of drug-likeness (QED) is 0.714. The van der Waals surface area contributed by atoms with Crippen LogP contribution in [0, 0.1) is 5.92 Å². The molecule has 2 heterocycles. The maximum absolute atomic E-state index is 8.82. The van der Waals surface area contributed by atoms with E-state index in [1.54, 1.807) is 0 Å². The van der Waals surface area contributed by atoms with E-state index < -0.39 is 0 Å². The maximum atomic E-state index is 8.82. The molecular weight excluding hydrogens is 252 g/mol. The second kappa shape index (κ2) is 6.55. The van der Waals surface area contributed by atoms with E-state index in [0.29, 0.717) is 18.6 Å². The fraction of sp³-hybridized carbons (Fsp3) is 0.688. The molecule has 1 aliphatic heterocycles. The zero-order valence-electron chi connectivity index (χ0n) is 11.9. The van der Waals surface area contributed by atoms with Gasteiger partial charge in [-0.15, -0.1) is 0 Å². The molecule has 2 fully saturated rings. The minimum atomic E-state index is 0.317. The van der Waals surface area contributed by atoms with Gasteiger partial charge >= 0.3 is 0 Å². The van der Waals surface area contributed by atoms with Gasteiger partial charge < -0.3 is 15.2 Å². The molecule has 3 atom stereocenters. The molecule has 0 unspecified atom stereocenters. The third-order valence-electron chi connectivity index (χ3n) is 4.45. The van der Waals surface area contributed by atoms with Crippen molar-refractivity contribution in [2.45, 2.75) is 44.1 Å². The number of nitrogens with zero attached hydrogens (tertiary/aromatic N) is 1. The minimum Gasteiger partial charge on any atom is -0.490 e. The Kier molecular flexibility index (Phi) is 4.53. The fourth-order valence-electron chi connectivity index (χ4n) is 2.90. The summed E-state index contributed by atoms with van der Waals surface area (Å²) >= 11 is 0. The summed E-state index contributed by atoms with van der Waals surface area (Å²) in [6.45, 7) is 2.18. The van der Waals surface area contributed by atoms with Crippen molar-refractivity contribution < 1.29 is 9.84 Å². The van der Waals surface area contributed by atoms with E-state index in [9.17, 15) is 0 Å². The predicted octanol–water partition coefficient (Wildman–Crippen LogP) is 2.09. The van der Waals surface area contributed by atoms with Crippen molar-refractivity contribution in [3.8, 4) is 5.75 Å². The molecule has 0 bridgehead atoms. The highest BCUT2D eigenvalue weighted by atomic mass is 16.5. The summed E-state index contributed by atoms with van der Waals surface area (Å²) in [5.41, 5.74) is 1.32. The Morgan fingerprint density at radius 2 is 2.25 bits per heavy atom. The van der Waals surface area contributed by atoms with Gasteiger partial charge in [-0.05, 0) is 55.7 Å². The Bertz CT molecular complexity index is 434. The molecule has 2 aliphatic rings. The van der Waals surface area contributed by atoms with Crippen LogP contribution < -0.4 is 10.1 Å². The van der Waals surface area contributed by atoms with Gasteiger partial charge in [-0.1, -0.05) is 6.42 Å². The Morgan fingerprint density at radius 3 is 3.00 bits per heavy atom. The van der Waals surface area contributed by atoms with Crippen LogP contribution in [0.2, 0.25) is 0 Å². The van der Waals surface area contributed by atoms with Gasteiger partial charge in [0.05, 0.1) is 6.20 Å². The SMILES string of the molecule is OCCCC[C@H]1C[C@H]1c1cncc(OC[C@@H]2CCN2)c1. The van der Waals surface area contributed by atoms with Crippen LogP contribution in [0.3, 0.4) is 0 Å². The first kappa shape index (κ1) is 13.8. The van der Waals surface area contributed by atoms with Crippen molar-refractivity contribution in [1.29, 1.82) is 0 Å². The molecule has 110 valence electrons. The molecule has 2 N–H and O–H groups in total. The van der Waals surface area contributed by atoms with E-state index in [4.69, 9.17) is 9.84 Å². The summed E-state index contributed by atoms with van der Waals surface area (Å²) in [5.74, 6) is 2.34. The minimum absolute atomic E-state index is 0.317. The van der Waals surface area contributed by atoms with Crippen molar-refractivity contribution in [3.63, 3.8) is 0 Å². The number of hydrogen-bond donors (Lipinski definition) is 2. The summed E-state index contributed by atoms with van der Waals surface area (Å²) < 4.78 is 5.80. The first-order valence-electron chi connectivity index (χ1n) is 7.79. The molecule has 1 saturated heterocycles. The topological polar surface area (TPSA) is 54.4 Å². The first-order valence-corrected chi connectivity index (χ1v) is 7.79. The Balaban J connectivity index is 1.47. The van der Waals surface area contributed by atoms with Crippen LogP contribution in [0.5, 0.6) is 5.75 Å². The highest BCUT2D eigenvalue weighted by molar-refractivity contribution is 5.30. The van der Waals surface area contributed by atoms with E-state index in [2.05, 4.69) is 16.4 Å². The van der Waals surface area contributed by atoms with E-state index in [0.717, 1.165) is 37.7 Å². The summed E-state index contributed by atoms with van der Waals surface area (Å²) in [6, 6.07) is 2.67. The van der Waals surface area contributed by atoms with Gasteiger partial charge in [0.15, 0.2) is 0 Å². The maximum Gasteiger partial charge on any atom is 0.137 e. The molecule has 1 aromatic rings. The molecule has 0 spiro atoms. The average molecular weight is 276 g/mol. The lowest BCUT2D eigenvalue weighted by Crippen LogP contribution is -2.46. The molecule has 0 aromatic carbocycles. The summed E-state index contributed by atoms with van der Waals surface area (Å²) in [4.78, 5) is 4.31. The largest absolute Gasteiger partial charge is 0.490 e. The van der Waals surface area contributed by atoms with Crippen molar-refractivity contribution >= 4 is 0 Å². The number of ether oxygens (including phenoxy) is 1. The van der Waals surface area contributed by atoms with Crippen molar-refractivity contribution in [2.24, 2.45) is 5.92 Å². The number of aliphatic hydroxyl groups excluding tert-OH is 1. The van der Waals surface area contributed by atoms with Crippen LogP contribution in [0.15, 0.2) is 18.5 Å². The Morgan fingerprint density at radius 1 is 1.35 bits per heavy atom. The van der Waals surface area contributed by atoms with Gasteiger partial charge in [0.25, 0.3) is 0 Å². The van der Waals surface area contributed by atoms with E-state index in [1.165, 1.54) is 24.8 Å². The molecule has 20 heavy (non-hydrogen) atoms. The molecule has 4 nitrogen and oxygen atoms in total. The molecular formula is C16H24N2O2. The van der Waals surface area contributed by atoms with Crippen LogP contribution >= 0.6 is 0 Å². The Hall–Kier alpha value is -1.13. The van der Waals surface area contributed by atoms with Gasteiger partial charge in [-0.3, -0.25) is 4.98 Å². The summed E-state index contributed by atoms with van der Waals surface area (Å²) in [6.07, 6.45) is 9.55. The monoisotopic (exact) mass is 276 g/mol. The lowest BCUT2D eigenvalue weighted by atomic mass is 10.1. The predicted molar refractivity (Wildman–Crippen MR) is 77.9 cm³/mol. The Labute approximate surface area is 120 Å². The van der Waals surface area contributed by atoms with Gasteiger partial charge in [0.1, 0.15) is 12.4 Å². The number of aromatic nitrogens is 1. The van der Waals surface area contributed by atoms with Crippen molar-refractivity contribution in [3.05, 3.63) is 24.0 Å². The highest BCUT2D eigenvalue weighted by Crippen LogP contribution is 2.50. The number of hydrogen-bond acceptors (Lipinski definition) is 4. The second-order valence-electron chi connectivity index (χ2n) is 6.03. The number of pyridine rings is 1. The number of rotatable bonds is 8. The van der Waals surface area contributed by atoms with E-state index in [-0.39, 0.29) is 0 Å². The van der Waals surface area contributed by atoms with Gasteiger partial charge in [-0.2, -0.15) is 0 Å². The zero-order valence-corrected chi connectivity index (χ0v) is 11.9. The standard InChI is InChI=1S/C16H24N2O2/c19-6-2-1-3-12-8-16(12)13-7-15(10-17-9-13)20-11-14-4-5-18-14/h7,9-10,12,14,16,18-19H,1-6,8,11H2/t12-,14-,16+/m0/s1. The molecule has 4 heteroatoms. The molecule has 1 aliphatic carbocycles. The lowest BCUT2D eigenvalue weighted by Gasteiger charge is -2.27. The normalized spacial score (nSPS) is 27.9. The van der Waals surface area contributed by atoms with Crippen LogP contribution in [-0.2, 0) is 0 Å². The smallest absolute Gasteiger partial charge is 0.137 e. The number of aliphatic hydroxyl groups is 1. The number of unbranched alkanes of at least 4 members (excludes halogenated alkanes) is 1. The van der Waals surface area contributed by atoms with Crippen LogP contribution in [0.1, 0.15) is 43.6 Å². The molecule has 3 rings (SSSR count). The molecule has 0 radical (unpaired) electrons. The molecule has 1 aromatic heterocycles. The van der Waals surface area contributed by atoms with Crippen molar-refractivity contribution in [2.75, 3.05) is 19.8 Å². The average Bonchev–Trinajstić information content (AvgIpc) is 3.17. The fourth-order valence-corrected chi connectivity index (χ4v) is 2.90. The lowest BCUT2D eigenvalue weighted by molar-refractivity contribution is 0.217. The summed E-state index contributed by atoms with van der Waals surface area (Å²) in [5, 5.41) is 12.2. The third-order valence-corrected chi connectivity index (χ3v) is 4.45. The first-order chi connectivity index (χ1) is 9.86. The van der Waals surface area contributed by atoms with Gasteiger partial charge in [-0.25, -0.2) is 0 Å². The van der Waals surface area contributed by atoms with Gasteiger partial charge in [0.2, 0.25) is 0 Å². The zero-order chi connectivity index (χ0) is 13.8. The highest BCUT2D eigenvalue weighted by Gasteiger charge is 2.37. The van der Waals surface area contributed by atoms with E-state index >= 15 is 0 Å². The van der Waals surface area contributed by atoms with Crippen molar-refractivity contribution in [1.82, 2.24) is 10.3 Å². The van der Waals surface area contributed by atoms with Gasteiger partial charge in [0, 0.05) is 18.8 Å². The summed E-state index contributed by atoms with van der Waals surface area (Å²) in [7, 11) is 0.